The highest BCUT2D eigenvalue weighted by atomic mass is 16.7. The van der Waals surface area contributed by atoms with Gasteiger partial charge in [-0.15, -0.1) is 0 Å². The van der Waals surface area contributed by atoms with Crippen LogP contribution in [0.5, 0.6) is 11.5 Å². The number of quaternary nitrogens is 1. The van der Waals surface area contributed by atoms with Gasteiger partial charge in [0.1, 0.15) is 5.82 Å². The highest BCUT2D eigenvalue weighted by Crippen LogP contribution is 2.33. The molecule has 0 bridgehead atoms. The van der Waals surface area contributed by atoms with E-state index < -0.39 is 0 Å². The summed E-state index contributed by atoms with van der Waals surface area (Å²) in [5.74, 6) is 2.43. The number of amides is 1. The Bertz CT molecular complexity index is 1010. The van der Waals surface area contributed by atoms with E-state index in [-0.39, 0.29) is 12.7 Å². The fraction of sp³-hybridized carbons (Fsp3) is 0.333. The molecule has 1 aliphatic heterocycles. The lowest BCUT2D eigenvalue weighted by atomic mass is 10.2. The second kappa shape index (κ2) is 7.52. The molecule has 1 aliphatic rings. The van der Waals surface area contributed by atoms with Crippen molar-refractivity contribution in [3.8, 4) is 11.5 Å². The summed E-state index contributed by atoms with van der Waals surface area (Å²) in [5.41, 5.74) is 3.00. The number of hydrogen-bond donors (Lipinski definition) is 1. The molecule has 0 fully saturated rings. The molecule has 0 unspecified atom stereocenters. The molecule has 0 radical (unpaired) electrons. The number of aromatic nitrogens is 2. The van der Waals surface area contributed by atoms with Crippen molar-refractivity contribution in [3.05, 3.63) is 53.9 Å². The maximum absolute atomic E-state index is 12.9. The molecule has 2 heterocycles. The van der Waals surface area contributed by atoms with Gasteiger partial charge in [0.05, 0.1) is 31.7 Å². The van der Waals surface area contributed by atoms with Gasteiger partial charge in [0.2, 0.25) is 6.79 Å². The minimum Gasteiger partial charge on any atom is -0.454 e. The summed E-state index contributed by atoms with van der Waals surface area (Å²) in [7, 11) is 5.95. The molecule has 0 spiro atoms. The molecule has 1 N–H and O–H groups in total. The average molecular weight is 381 g/mol. The van der Waals surface area contributed by atoms with Crippen LogP contribution < -0.4 is 14.4 Å². The minimum absolute atomic E-state index is 0.0877. The average Bonchev–Trinajstić information content (AvgIpc) is 3.25. The summed E-state index contributed by atoms with van der Waals surface area (Å²) < 4.78 is 12.9. The normalized spacial score (nSPS) is 12.7. The van der Waals surface area contributed by atoms with E-state index in [1.165, 1.54) is 0 Å². The number of aryl methyl sites for hydroxylation is 1. The first kappa shape index (κ1) is 18.3. The Morgan fingerprint density at radius 1 is 1.14 bits per heavy atom. The number of likely N-dealkylation sites (N-methyl/N-ethyl adjacent to an activating group) is 1. The standard InChI is InChI=1S/C21H24N4O3/c1-23(2)13-21(26)25(11-15-8-9-18-19(10-15)28-14-27-18)12-20-22-16-6-4-5-7-17(16)24(20)3/h4-10H,11-14H2,1-3H3/p+1. The lowest BCUT2D eigenvalue weighted by Crippen LogP contribution is -3.07. The third kappa shape index (κ3) is 3.66. The lowest BCUT2D eigenvalue weighted by molar-refractivity contribution is -0.849. The number of para-hydroxylation sites is 2. The number of carbonyl (C=O) groups is 1. The highest BCUT2D eigenvalue weighted by Gasteiger charge is 2.21. The van der Waals surface area contributed by atoms with Crippen molar-refractivity contribution in [2.24, 2.45) is 7.05 Å². The number of fused-ring (bicyclic) bond motifs is 2. The summed E-state index contributed by atoms with van der Waals surface area (Å²) in [6.45, 7) is 1.61. The predicted molar refractivity (Wildman–Crippen MR) is 105 cm³/mol. The number of ether oxygens (including phenoxy) is 2. The topological polar surface area (TPSA) is 61.0 Å². The van der Waals surface area contributed by atoms with E-state index in [2.05, 4.69) is 4.57 Å². The van der Waals surface area contributed by atoms with Crippen LogP contribution in [0.4, 0.5) is 0 Å². The Labute approximate surface area is 164 Å². The SMILES string of the molecule is Cn1c(CN(Cc2ccc3c(c2)OCO3)C(=O)C[NH+](C)C)nc2ccccc21. The quantitative estimate of drug-likeness (QED) is 0.691. The van der Waals surface area contributed by atoms with Gasteiger partial charge in [0.15, 0.2) is 18.0 Å². The highest BCUT2D eigenvalue weighted by molar-refractivity contribution is 5.78. The maximum Gasteiger partial charge on any atom is 0.278 e. The molecule has 28 heavy (non-hydrogen) atoms. The molecular formula is C21H25N4O3+. The molecule has 2 aromatic carbocycles. The van der Waals surface area contributed by atoms with Crippen molar-refractivity contribution >= 4 is 16.9 Å². The number of carbonyl (C=O) groups excluding carboxylic acids is 1. The monoisotopic (exact) mass is 381 g/mol. The van der Waals surface area contributed by atoms with Gasteiger partial charge in [-0.1, -0.05) is 18.2 Å². The Balaban J connectivity index is 1.61. The molecule has 7 heteroatoms. The van der Waals surface area contributed by atoms with E-state index in [9.17, 15) is 4.79 Å². The molecule has 1 aromatic heterocycles. The molecule has 3 aromatic rings. The Kier molecular flexibility index (Phi) is 4.92. The lowest BCUT2D eigenvalue weighted by Gasteiger charge is -2.23. The van der Waals surface area contributed by atoms with E-state index in [4.69, 9.17) is 14.5 Å². The molecule has 0 aliphatic carbocycles. The van der Waals surface area contributed by atoms with Gasteiger partial charge >= 0.3 is 0 Å². The number of nitrogens with one attached hydrogen (secondary N) is 1. The number of benzene rings is 2. The van der Waals surface area contributed by atoms with Crippen LogP contribution in [0.15, 0.2) is 42.5 Å². The fourth-order valence-electron chi connectivity index (χ4n) is 3.41. The fourth-order valence-corrected chi connectivity index (χ4v) is 3.41. The molecule has 146 valence electrons. The summed E-state index contributed by atoms with van der Waals surface area (Å²) in [4.78, 5) is 20.6. The Hall–Kier alpha value is -3.06. The van der Waals surface area contributed by atoms with Crippen LogP contribution >= 0.6 is 0 Å². The van der Waals surface area contributed by atoms with Crippen LogP contribution in [-0.2, 0) is 24.9 Å². The molecule has 1 amide bonds. The van der Waals surface area contributed by atoms with Crippen LogP contribution in [0, 0.1) is 0 Å². The number of imidazole rings is 1. The third-order valence-electron chi connectivity index (χ3n) is 4.88. The van der Waals surface area contributed by atoms with E-state index >= 15 is 0 Å². The van der Waals surface area contributed by atoms with Gasteiger partial charge < -0.3 is 23.8 Å². The number of hydrogen-bond acceptors (Lipinski definition) is 4. The van der Waals surface area contributed by atoms with E-state index in [0.717, 1.165) is 38.8 Å². The first-order chi connectivity index (χ1) is 13.5. The second-order valence-corrected chi connectivity index (χ2v) is 7.40. The van der Waals surface area contributed by atoms with Crippen molar-refractivity contribution in [3.63, 3.8) is 0 Å². The first-order valence-corrected chi connectivity index (χ1v) is 9.37. The van der Waals surface area contributed by atoms with Gasteiger partial charge in [0, 0.05) is 13.6 Å². The third-order valence-corrected chi connectivity index (χ3v) is 4.88. The Morgan fingerprint density at radius 2 is 1.93 bits per heavy atom. The van der Waals surface area contributed by atoms with Crippen LogP contribution in [0.25, 0.3) is 11.0 Å². The van der Waals surface area contributed by atoms with Crippen molar-refractivity contribution < 1.29 is 19.2 Å². The zero-order chi connectivity index (χ0) is 19.7. The largest absolute Gasteiger partial charge is 0.454 e. The van der Waals surface area contributed by atoms with Crippen molar-refractivity contribution in [1.82, 2.24) is 14.5 Å². The molecule has 0 saturated heterocycles. The van der Waals surface area contributed by atoms with Gasteiger partial charge in [-0.25, -0.2) is 4.98 Å². The van der Waals surface area contributed by atoms with Crippen molar-refractivity contribution in [1.29, 1.82) is 0 Å². The second-order valence-electron chi connectivity index (χ2n) is 7.40. The van der Waals surface area contributed by atoms with E-state index in [1.54, 1.807) is 0 Å². The maximum atomic E-state index is 12.9. The molecule has 0 saturated carbocycles. The molecule has 0 atom stereocenters. The minimum atomic E-state index is 0.0877. The number of rotatable bonds is 6. The predicted octanol–water partition coefficient (Wildman–Crippen LogP) is 0.975. The summed E-state index contributed by atoms with van der Waals surface area (Å²) in [6, 6.07) is 13.8. The molecule has 7 nitrogen and oxygen atoms in total. The summed E-state index contributed by atoms with van der Waals surface area (Å²) in [5, 5.41) is 0. The van der Waals surface area contributed by atoms with Gasteiger partial charge in [-0.05, 0) is 29.8 Å². The van der Waals surface area contributed by atoms with Crippen LogP contribution in [0.1, 0.15) is 11.4 Å². The molecular weight excluding hydrogens is 356 g/mol. The van der Waals surface area contributed by atoms with Crippen LogP contribution in [0.3, 0.4) is 0 Å². The Morgan fingerprint density at radius 3 is 2.71 bits per heavy atom. The van der Waals surface area contributed by atoms with E-state index in [1.807, 2.05) is 68.5 Å². The zero-order valence-corrected chi connectivity index (χ0v) is 16.4. The van der Waals surface area contributed by atoms with Crippen molar-refractivity contribution in [2.45, 2.75) is 13.1 Å². The zero-order valence-electron chi connectivity index (χ0n) is 16.4. The van der Waals surface area contributed by atoms with Gasteiger partial charge in [0.25, 0.3) is 5.91 Å². The molecule has 4 rings (SSSR count). The van der Waals surface area contributed by atoms with Crippen molar-refractivity contribution in [2.75, 3.05) is 27.4 Å². The van der Waals surface area contributed by atoms with Gasteiger partial charge in [-0.2, -0.15) is 0 Å². The first-order valence-electron chi connectivity index (χ1n) is 9.37. The van der Waals surface area contributed by atoms with Crippen LogP contribution in [0.2, 0.25) is 0 Å². The summed E-state index contributed by atoms with van der Waals surface area (Å²) in [6.07, 6.45) is 0. The van der Waals surface area contributed by atoms with Crippen LogP contribution in [-0.4, -0.2) is 47.8 Å². The summed E-state index contributed by atoms with van der Waals surface area (Å²) >= 11 is 0. The number of nitrogens with zero attached hydrogens (tertiary/aromatic N) is 3. The van der Waals surface area contributed by atoms with E-state index in [0.29, 0.717) is 19.6 Å². The smallest absolute Gasteiger partial charge is 0.278 e. The van der Waals surface area contributed by atoms with Gasteiger partial charge in [-0.3, -0.25) is 4.79 Å².